The first-order chi connectivity index (χ1) is 19.1. The van der Waals surface area contributed by atoms with Crippen LogP contribution >= 0.6 is 11.3 Å². The van der Waals surface area contributed by atoms with E-state index in [1.165, 1.54) is 11.3 Å². The summed E-state index contributed by atoms with van der Waals surface area (Å²) in [6.45, 7) is 13.6. The third-order valence-corrected chi connectivity index (χ3v) is 6.48. The van der Waals surface area contributed by atoms with Crippen molar-refractivity contribution in [1.29, 1.82) is 0 Å². The van der Waals surface area contributed by atoms with E-state index in [9.17, 15) is 18.3 Å². The number of allylic oxidation sites excluding steroid dienone is 13. The Morgan fingerprint density at radius 1 is 1.32 bits per heavy atom. The lowest BCUT2D eigenvalue weighted by molar-refractivity contribution is -0.0881. The Morgan fingerprint density at radius 2 is 2.08 bits per heavy atom. The Hall–Kier alpha value is -3.41. The van der Waals surface area contributed by atoms with Crippen molar-refractivity contribution in [1.82, 2.24) is 4.98 Å². The van der Waals surface area contributed by atoms with Gasteiger partial charge in [-0.3, -0.25) is 4.99 Å². The van der Waals surface area contributed by atoms with E-state index in [1.807, 2.05) is 52.0 Å². The van der Waals surface area contributed by atoms with Gasteiger partial charge in [0, 0.05) is 12.7 Å². The zero-order valence-electron chi connectivity index (χ0n) is 24.0. The summed E-state index contributed by atoms with van der Waals surface area (Å²) in [5.41, 5.74) is 3.07. The molecular weight excluding hydrogens is 531 g/mol. The van der Waals surface area contributed by atoms with Crippen LogP contribution in [0.1, 0.15) is 70.9 Å². The molecule has 0 bridgehead atoms. The average molecular weight is 572 g/mol. The number of aromatic nitrogens is 1. The highest BCUT2D eigenvalue weighted by molar-refractivity contribution is 7.16. The van der Waals surface area contributed by atoms with Crippen LogP contribution in [0.25, 0.3) is 5.57 Å². The molecule has 1 aromatic heterocycles. The van der Waals surface area contributed by atoms with Crippen molar-refractivity contribution >= 4 is 28.8 Å². The first-order valence-corrected chi connectivity index (χ1v) is 14.1. The van der Waals surface area contributed by atoms with Crippen molar-refractivity contribution in [3.05, 3.63) is 88.2 Å². The molecule has 0 fully saturated rings. The highest BCUT2D eigenvalue weighted by Gasteiger charge is 2.31. The third-order valence-electron chi connectivity index (χ3n) is 5.39. The van der Waals surface area contributed by atoms with Crippen LogP contribution in [0.4, 0.5) is 18.3 Å². The van der Waals surface area contributed by atoms with Crippen LogP contribution in [0.15, 0.2) is 82.6 Å². The second-order valence-electron chi connectivity index (χ2n) is 8.58. The van der Waals surface area contributed by atoms with Gasteiger partial charge in [-0.1, -0.05) is 90.9 Å². The molecule has 1 unspecified atom stereocenters. The summed E-state index contributed by atoms with van der Waals surface area (Å²) in [5, 5.41) is 13.7. The topological polar surface area (TPSA) is 57.5 Å². The Morgan fingerprint density at radius 3 is 2.73 bits per heavy atom. The predicted octanol–water partition coefficient (Wildman–Crippen LogP) is 8.98. The van der Waals surface area contributed by atoms with Gasteiger partial charge in [-0.05, 0) is 70.7 Å². The lowest BCUT2D eigenvalue weighted by Crippen LogP contribution is -2.09. The maximum absolute atomic E-state index is 12.9. The highest BCUT2D eigenvalue weighted by atomic mass is 32.1. The zero-order valence-corrected chi connectivity index (χ0v) is 24.8. The van der Waals surface area contributed by atoms with Crippen LogP contribution < -0.4 is 5.32 Å². The Labute approximate surface area is 241 Å². The first kappa shape index (κ1) is 34.6. The molecule has 0 saturated carbocycles. The predicted molar refractivity (Wildman–Crippen MR) is 166 cm³/mol. The summed E-state index contributed by atoms with van der Waals surface area (Å²) in [7, 11) is 0. The van der Waals surface area contributed by atoms with Crippen LogP contribution in [-0.2, 0) is 0 Å². The fraction of sp³-hybridized carbons (Fsp3) is 0.375. The molecule has 0 amide bonds. The molecule has 0 saturated heterocycles. The molecule has 2 rings (SSSR count). The molecule has 0 aliphatic heterocycles. The third kappa shape index (κ3) is 13.1. The number of aliphatic hydroxyl groups is 1. The molecule has 1 heterocycles. The number of hydrogen-bond acceptors (Lipinski definition) is 5. The monoisotopic (exact) mass is 571 g/mol. The molecular formula is C32H40F3N3OS. The second-order valence-corrected chi connectivity index (χ2v) is 9.58. The van der Waals surface area contributed by atoms with Crippen LogP contribution in [0.3, 0.4) is 0 Å². The molecule has 1 aliphatic rings. The standard InChI is InChI=1S/C30H34F3N3OS.C2H6/c1-5-25(14-6-10-22(2)11-8-20-34-4)28-27(19-16-23(3)37)36-29(38-28)35-21-9-13-24-12-7-15-26(18-17-24)30(31,32)33;1-2/h5-8,10-11,15,17-18,20,23,37H,4,9,12-14,21H2,1-3H3,(H,35,36);1-2H3/b10-6?,20-8-,22-11+,25-5+;. The van der Waals surface area contributed by atoms with E-state index in [0.29, 0.717) is 36.6 Å². The summed E-state index contributed by atoms with van der Waals surface area (Å²) in [6, 6.07) is 0. The molecule has 0 aromatic carbocycles. The van der Waals surface area contributed by atoms with Gasteiger partial charge in [0.25, 0.3) is 0 Å². The fourth-order valence-electron chi connectivity index (χ4n) is 3.45. The number of anilines is 1. The van der Waals surface area contributed by atoms with Crippen molar-refractivity contribution in [2.24, 2.45) is 4.99 Å². The van der Waals surface area contributed by atoms with E-state index >= 15 is 0 Å². The van der Waals surface area contributed by atoms with Gasteiger partial charge in [-0.2, -0.15) is 13.2 Å². The van der Waals surface area contributed by atoms with Gasteiger partial charge in [0.15, 0.2) is 5.13 Å². The van der Waals surface area contributed by atoms with E-state index in [0.717, 1.165) is 40.2 Å². The van der Waals surface area contributed by atoms with Gasteiger partial charge >= 0.3 is 6.18 Å². The SMILES string of the molecule is C=N/C=C\C=C(/C)C=CC/C(=C\C)c1sc(NCCCC2=CC=C(C(F)(F)F)C=CC2)nc1C#CC(C)O.CC. The number of thiazole rings is 1. The van der Waals surface area contributed by atoms with Gasteiger partial charge < -0.3 is 10.4 Å². The number of rotatable bonds is 11. The van der Waals surface area contributed by atoms with E-state index in [2.05, 4.69) is 39.9 Å². The average Bonchev–Trinajstić information content (AvgIpc) is 3.15. The highest BCUT2D eigenvalue weighted by Crippen LogP contribution is 2.32. The van der Waals surface area contributed by atoms with Gasteiger partial charge in [0.1, 0.15) is 11.8 Å². The minimum absolute atomic E-state index is 0.505. The number of hydrogen-bond donors (Lipinski definition) is 2. The summed E-state index contributed by atoms with van der Waals surface area (Å²) >= 11 is 1.50. The lowest BCUT2D eigenvalue weighted by atomic mass is 10.1. The van der Waals surface area contributed by atoms with E-state index < -0.39 is 17.9 Å². The Balaban J connectivity index is 0.00000391. The summed E-state index contributed by atoms with van der Waals surface area (Å²) in [4.78, 5) is 9.26. The Kier molecular flexibility index (Phi) is 16.3. The quantitative estimate of drug-likeness (QED) is 0.121. The number of nitrogens with one attached hydrogen (secondary N) is 1. The van der Waals surface area contributed by atoms with Crippen LogP contribution in [0, 0.1) is 11.8 Å². The van der Waals surface area contributed by atoms with Crippen LogP contribution in [0.2, 0.25) is 0 Å². The van der Waals surface area contributed by atoms with Gasteiger partial charge in [-0.15, -0.1) is 0 Å². The first-order valence-electron chi connectivity index (χ1n) is 13.3. The summed E-state index contributed by atoms with van der Waals surface area (Å²) in [6.07, 6.45) is 14.5. The van der Waals surface area contributed by atoms with Crippen molar-refractivity contribution in [3.8, 4) is 11.8 Å². The number of halogens is 3. The van der Waals surface area contributed by atoms with Crippen LogP contribution in [0.5, 0.6) is 0 Å². The molecule has 8 heteroatoms. The minimum atomic E-state index is -4.33. The van der Waals surface area contributed by atoms with Gasteiger partial charge in [0.2, 0.25) is 0 Å². The number of alkyl halides is 3. The molecule has 4 nitrogen and oxygen atoms in total. The molecule has 2 N–H and O–H groups in total. The molecule has 1 atom stereocenters. The van der Waals surface area contributed by atoms with Crippen LogP contribution in [-0.4, -0.2) is 35.6 Å². The molecule has 40 heavy (non-hydrogen) atoms. The van der Waals surface area contributed by atoms with Crippen molar-refractivity contribution < 1.29 is 18.3 Å². The number of aliphatic hydroxyl groups excluding tert-OH is 1. The normalized spacial score (nSPS) is 15.0. The van der Waals surface area contributed by atoms with Crippen molar-refractivity contribution in [2.75, 3.05) is 11.9 Å². The van der Waals surface area contributed by atoms with Gasteiger partial charge in [-0.25, -0.2) is 4.98 Å². The molecule has 216 valence electrons. The van der Waals surface area contributed by atoms with E-state index in [4.69, 9.17) is 0 Å². The summed E-state index contributed by atoms with van der Waals surface area (Å²) < 4.78 is 38.7. The molecule has 1 aromatic rings. The van der Waals surface area contributed by atoms with E-state index in [-0.39, 0.29) is 0 Å². The van der Waals surface area contributed by atoms with Gasteiger partial charge in [0.05, 0.1) is 10.5 Å². The molecule has 1 aliphatic carbocycles. The maximum Gasteiger partial charge on any atom is 0.416 e. The largest absolute Gasteiger partial charge is 0.416 e. The van der Waals surface area contributed by atoms with Crippen molar-refractivity contribution in [2.45, 2.75) is 72.6 Å². The smallest absolute Gasteiger partial charge is 0.381 e. The second kappa shape index (κ2) is 18.8. The van der Waals surface area contributed by atoms with Crippen molar-refractivity contribution in [3.63, 3.8) is 0 Å². The number of nitrogens with zero attached hydrogens (tertiary/aromatic N) is 2. The minimum Gasteiger partial charge on any atom is -0.381 e. The molecule has 0 spiro atoms. The maximum atomic E-state index is 12.9. The zero-order chi connectivity index (χ0) is 30.0. The number of aliphatic imine (C=N–C) groups is 1. The lowest BCUT2D eigenvalue weighted by Gasteiger charge is -2.05. The summed E-state index contributed by atoms with van der Waals surface area (Å²) in [5.74, 6) is 5.76. The molecule has 0 radical (unpaired) electrons. The fourth-order valence-corrected chi connectivity index (χ4v) is 4.48. The van der Waals surface area contributed by atoms with E-state index in [1.54, 1.807) is 25.3 Å². The Bertz CT molecular complexity index is 1230.